The van der Waals surface area contributed by atoms with E-state index in [9.17, 15) is 14.0 Å². The molecule has 0 radical (unpaired) electrons. The molecule has 1 N–H and O–H groups in total. The largest absolute Gasteiger partial charge is 0.452 e. The number of nitrogens with zero attached hydrogens (tertiary/aromatic N) is 2. The van der Waals surface area contributed by atoms with E-state index in [1.807, 2.05) is 19.9 Å². The van der Waals surface area contributed by atoms with E-state index in [4.69, 9.17) is 4.74 Å². The third-order valence-corrected chi connectivity index (χ3v) is 3.87. The van der Waals surface area contributed by atoms with Crippen LogP contribution < -0.4 is 5.32 Å². The summed E-state index contributed by atoms with van der Waals surface area (Å²) in [5.41, 5.74) is 1.92. The Balaban J connectivity index is 1.83. The number of thioether (sulfide) groups is 1. The fourth-order valence-corrected chi connectivity index (χ4v) is 2.71. The van der Waals surface area contributed by atoms with Gasteiger partial charge in [-0.2, -0.15) is 0 Å². The van der Waals surface area contributed by atoms with Gasteiger partial charge in [0, 0.05) is 17.1 Å². The molecule has 2 aromatic rings. The first-order chi connectivity index (χ1) is 11.8. The normalized spacial score (nSPS) is 11.7. The van der Waals surface area contributed by atoms with Crippen LogP contribution in [0.5, 0.6) is 0 Å². The number of aromatic nitrogens is 2. The van der Waals surface area contributed by atoms with Crippen LogP contribution in [-0.4, -0.2) is 33.7 Å². The zero-order valence-electron chi connectivity index (χ0n) is 14.1. The molecule has 0 aliphatic heterocycles. The molecule has 1 amide bonds. The molecule has 0 spiro atoms. The van der Waals surface area contributed by atoms with Crippen molar-refractivity contribution in [2.45, 2.75) is 32.0 Å². The number of rotatable bonds is 6. The number of benzene rings is 1. The third kappa shape index (κ3) is 6.15. The summed E-state index contributed by atoms with van der Waals surface area (Å²) in [6, 6.07) is 7.30. The van der Waals surface area contributed by atoms with E-state index in [1.165, 1.54) is 25.1 Å². The van der Waals surface area contributed by atoms with Crippen molar-refractivity contribution in [3.63, 3.8) is 0 Å². The zero-order chi connectivity index (χ0) is 18.4. The number of hydrogen-bond donors (Lipinski definition) is 1. The van der Waals surface area contributed by atoms with Crippen molar-refractivity contribution in [2.75, 3.05) is 11.1 Å². The smallest absolute Gasteiger partial charge is 0.317 e. The number of ether oxygens (including phenoxy) is 1. The van der Waals surface area contributed by atoms with Crippen LogP contribution in [0.1, 0.15) is 18.3 Å². The number of carbonyl (C=O) groups is 2. The molecular weight excluding hydrogens is 345 g/mol. The number of aryl methyl sites for hydroxylation is 2. The lowest BCUT2D eigenvalue weighted by Gasteiger charge is -2.13. The molecular formula is C17H18FN3O3S. The number of halogens is 1. The average molecular weight is 363 g/mol. The minimum absolute atomic E-state index is 0.0134. The highest BCUT2D eigenvalue weighted by Gasteiger charge is 2.18. The van der Waals surface area contributed by atoms with Gasteiger partial charge in [-0.25, -0.2) is 14.4 Å². The van der Waals surface area contributed by atoms with Gasteiger partial charge in [0.25, 0.3) is 5.91 Å². The molecule has 0 saturated carbocycles. The minimum Gasteiger partial charge on any atom is -0.452 e. The summed E-state index contributed by atoms with van der Waals surface area (Å²) in [5, 5.41) is 2.97. The fourth-order valence-electron chi connectivity index (χ4n) is 1.98. The highest BCUT2D eigenvalue weighted by molar-refractivity contribution is 7.99. The van der Waals surface area contributed by atoms with E-state index in [-0.39, 0.29) is 5.75 Å². The van der Waals surface area contributed by atoms with Crippen LogP contribution in [0.3, 0.4) is 0 Å². The third-order valence-electron chi connectivity index (χ3n) is 3.05. The summed E-state index contributed by atoms with van der Waals surface area (Å²) in [6.07, 6.45) is -1.00. The maximum absolute atomic E-state index is 13.1. The van der Waals surface area contributed by atoms with Gasteiger partial charge >= 0.3 is 5.97 Å². The van der Waals surface area contributed by atoms with Crippen molar-refractivity contribution in [1.29, 1.82) is 0 Å². The Morgan fingerprint density at radius 3 is 2.56 bits per heavy atom. The van der Waals surface area contributed by atoms with E-state index in [0.717, 1.165) is 23.1 Å². The molecule has 1 heterocycles. The summed E-state index contributed by atoms with van der Waals surface area (Å²) >= 11 is 1.14. The molecule has 1 atom stereocenters. The van der Waals surface area contributed by atoms with Crippen LogP contribution in [0.4, 0.5) is 10.1 Å². The molecule has 132 valence electrons. The summed E-state index contributed by atoms with van der Waals surface area (Å²) in [7, 11) is 0. The number of esters is 1. The topological polar surface area (TPSA) is 81.2 Å². The maximum Gasteiger partial charge on any atom is 0.317 e. The number of hydrogen-bond acceptors (Lipinski definition) is 6. The number of nitrogens with one attached hydrogen (secondary N) is 1. The van der Waals surface area contributed by atoms with Gasteiger partial charge in [0.15, 0.2) is 11.3 Å². The van der Waals surface area contributed by atoms with Gasteiger partial charge in [0.2, 0.25) is 0 Å². The Hall–Kier alpha value is -2.48. The van der Waals surface area contributed by atoms with Gasteiger partial charge in [-0.05, 0) is 45.0 Å². The Bertz CT molecular complexity index is 765. The monoisotopic (exact) mass is 363 g/mol. The van der Waals surface area contributed by atoms with E-state index in [2.05, 4.69) is 15.3 Å². The van der Waals surface area contributed by atoms with Gasteiger partial charge in [0.05, 0.1) is 5.75 Å². The van der Waals surface area contributed by atoms with Crippen LogP contribution in [0, 0.1) is 19.7 Å². The summed E-state index contributed by atoms with van der Waals surface area (Å²) in [6.45, 7) is 5.14. The van der Waals surface area contributed by atoms with Gasteiger partial charge in [0.1, 0.15) is 5.82 Å². The molecule has 8 heteroatoms. The lowest BCUT2D eigenvalue weighted by atomic mass is 10.3. The standard InChI is InChI=1S/C17H18FN3O3S/c1-10-7-11(2)20-17(19-10)25-9-15(22)24-12(3)16(23)21-14-6-4-5-13(18)8-14/h4-8,12H,9H2,1-3H3,(H,21,23)/t12-/m1/s1. The highest BCUT2D eigenvalue weighted by Crippen LogP contribution is 2.15. The Kier molecular flexibility index (Phi) is 6.46. The Morgan fingerprint density at radius 2 is 1.92 bits per heavy atom. The van der Waals surface area contributed by atoms with Crippen molar-refractivity contribution in [1.82, 2.24) is 9.97 Å². The van der Waals surface area contributed by atoms with Gasteiger partial charge in [-0.15, -0.1) is 0 Å². The van der Waals surface area contributed by atoms with Crippen molar-refractivity contribution >= 4 is 29.3 Å². The minimum atomic E-state index is -1.00. The van der Waals surface area contributed by atoms with E-state index in [0.29, 0.717) is 10.8 Å². The maximum atomic E-state index is 13.1. The molecule has 25 heavy (non-hydrogen) atoms. The Morgan fingerprint density at radius 1 is 1.24 bits per heavy atom. The molecule has 0 saturated heterocycles. The predicted molar refractivity (Wildman–Crippen MR) is 92.8 cm³/mol. The van der Waals surface area contributed by atoms with E-state index < -0.39 is 23.8 Å². The number of carbonyl (C=O) groups excluding carboxylic acids is 2. The molecule has 6 nitrogen and oxygen atoms in total. The SMILES string of the molecule is Cc1cc(C)nc(SCC(=O)O[C@H](C)C(=O)Nc2cccc(F)c2)n1. The van der Waals surface area contributed by atoms with E-state index in [1.54, 1.807) is 6.07 Å². The second-order valence-electron chi connectivity index (χ2n) is 5.35. The van der Waals surface area contributed by atoms with Crippen molar-refractivity contribution in [3.8, 4) is 0 Å². The first kappa shape index (κ1) is 18.9. The predicted octanol–water partition coefficient (Wildman–Crippen LogP) is 2.90. The summed E-state index contributed by atoms with van der Waals surface area (Å²) in [5.74, 6) is -1.57. The molecule has 0 aliphatic carbocycles. The molecule has 1 aromatic carbocycles. The summed E-state index contributed by atoms with van der Waals surface area (Å²) in [4.78, 5) is 32.3. The lowest BCUT2D eigenvalue weighted by molar-refractivity contribution is -0.150. The molecule has 0 unspecified atom stereocenters. The van der Waals surface area contributed by atoms with Crippen molar-refractivity contribution in [2.24, 2.45) is 0 Å². The molecule has 1 aromatic heterocycles. The second-order valence-corrected chi connectivity index (χ2v) is 6.30. The second kappa shape index (κ2) is 8.57. The first-order valence-electron chi connectivity index (χ1n) is 7.54. The van der Waals surface area contributed by atoms with Crippen LogP contribution in [0.2, 0.25) is 0 Å². The van der Waals surface area contributed by atoms with Crippen molar-refractivity contribution in [3.05, 3.63) is 47.5 Å². The average Bonchev–Trinajstić information content (AvgIpc) is 2.52. The molecule has 0 aliphatic rings. The van der Waals surface area contributed by atoms with Crippen LogP contribution in [-0.2, 0) is 14.3 Å². The van der Waals surface area contributed by atoms with Gasteiger partial charge in [-0.1, -0.05) is 17.8 Å². The fraction of sp³-hybridized carbons (Fsp3) is 0.294. The summed E-state index contributed by atoms with van der Waals surface area (Å²) < 4.78 is 18.2. The first-order valence-corrected chi connectivity index (χ1v) is 8.53. The van der Waals surface area contributed by atoms with Gasteiger partial charge < -0.3 is 10.1 Å². The van der Waals surface area contributed by atoms with Crippen LogP contribution in [0.25, 0.3) is 0 Å². The van der Waals surface area contributed by atoms with E-state index >= 15 is 0 Å². The van der Waals surface area contributed by atoms with Crippen molar-refractivity contribution < 1.29 is 18.7 Å². The number of amides is 1. The lowest BCUT2D eigenvalue weighted by Crippen LogP contribution is -2.30. The highest BCUT2D eigenvalue weighted by atomic mass is 32.2. The Labute approximate surface area is 149 Å². The molecule has 0 fully saturated rings. The van der Waals surface area contributed by atoms with Crippen LogP contribution >= 0.6 is 11.8 Å². The zero-order valence-corrected chi connectivity index (χ0v) is 14.9. The van der Waals surface area contributed by atoms with Crippen LogP contribution in [0.15, 0.2) is 35.5 Å². The molecule has 2 rings (SSSR count). The molecule has 0 bridgehead atoms. The quantitative estimate of drug-likeness (QED) is 0.483. The number of anilines is 1. The van der Waals surface area contributed by atoms with Gasteiger partial charge in [-0.3, -0.25) is 9.59 Å².